The van der Waals surface area contributed by atoms with Gasteiger partial charge >= 0.3 is 0 Å². The maximum absolute atomic E-state index is 13.9. The van der Waals surface area contributed by atoms with E-state index in [-0.39, 0.29) is 15.9 Å². The number of para-hydroxylation sites is 1. The normalized spacial score (nSPS) is 10.3. The quantitative estimate of drug-likeness (QED) is 0.812. The van der Waals surface area contributed by atoms with Crippen LogP contribution in [0.1, 0.15) is 15.9 Å². The average molecular weight is 322 g/mol. The molecule has 0 aliphatic carbocycles. The molecule has 0 atom stereocenters. The molecule has 2 aromatic rings. The Morgan fingerprint density at radius 1 is 1.16 bits per heavy atom. The third-order valence-corrected chi connectivity index (χ3v) is 3.58. The number of benzene rings is 2. The van der Waals surface area contributed by atoms with Crippen LogP contribution >= 0.6 is 15.9 Å². The Bertz CT molecular complexity index is 627. The second-order valence-electron chi connectivity index (χ2n) is 4.25. The van der Waals surface area contributed by atoms with E-state index in [2.05, 4.69) is 15.9 Å². The van der Waals surface area contributed by atoms with E-state index in [4.69, 9.17) is 0 Å². The molecule has 0 saturated heterocycles. The summed E-state index contributed by atoms with van der Waals surface area (Å²) in [5.74, 6) is -0.902. The van der Waals surface area contributed by atoms with E-state index in [1.165, 1.54) is 11.0 Å². The van der Waals surface area contributed by atoms with Gasteiger partial charge in [0.1, 0.15) is 5.82 Å². The molecule has 0 aliphatic rings. The van der Waals surface area contributed by atoms with Gasteiger partial charge < -0.3 is 4.90 Å². The zero-order chi connectivity index (χ0) is 14.0. The van der Waals surface area contributed by atoms with Gasteiger partial charge in [0, 0.05) is 12.7 Å². The van der Waals surface area contributed by atoms with E-state index in [0.29, 0.717) is 0 Å². The first-order valence-electron chi connectivity index (χ1n) is 5.80. The SMILES string of the molecule is Cc1ccccc1N(C)C(=O)c1cccc(Br)c1F. The van der Waals surface area contributed by atoms with Crippen molar-refractivity contribution in [1.29, 1.82) is 0 Å². The highest BCUT2D eigenvalue weighted by Crippen LogP contribution is 2.23. The molecular formula is C15H13BrFNO. The zero-order valence-corrected chi connectivity index (χ0v) is 12.2. The average Bonchev–Trinajstić information content (AvgIpc) is 2.41. The number of carbonyl (C=O) groups is 1. The first-order valence-corrected chi connectivity index (χ1v) is 6.59. The van der Waals surface area contributed by atoms with Crippen LogP contribution in [0.15, 0.2) is 46.9 Å². The molecule has 0 fully saturated rings. The van der Waals surface area contributed by atoms with Gasteiger partial charge in [0.2, 0.25) is 0 Å². The van der Waals surface area contributed by atoms with Crippen molar-refractivity contribution in [3.05, 3.63) is 63.9 Å². The summed E-state index contributed by atoms with van der Waals surface area (Å²) < 4.78 is 14.2. The number of amides is 1. The summed E-state index contributed by atoms with van der Waals surface area (Å²) in [5, 5.41) is 0. The first kappa shape index (κ1) is 13.7. The van der Waals surface area contributed by atoms with Gasteiger partial charge in [0.15, 0.2) is 0 Å². The Morgan fingerprint density at radius 3 is 2.53 bits per heavy atom. The summed E-state index contributed by atoms with van der Waals surface area (Å²) in [6.45, 7) is 1.91. The molecule has 2 nitrogen and oxygen atoms in total. The molecule has 19 heavy (non-hydrogen) atoms. The first-order chi connectivity index (χ1) is 9.02. The maximum atomic E-state index is 13.9. The molecular weight excluding hydrogens is 309 g/mol. The smallest absolute Gasteiger partial charge is 0.261 e. The van der Waals surface area contributed by atoms with Crippen LogP contribution in [-0.4, -0.2) is 13.0 Å². The zero-order valence-electron chi connectivity index (χ0n) is 10.7. The fraction of sp³-hybridized carbons (Fsp3) is 0.133. The number of halogens is 2. The topological polar surface area (TPSA) is 20.3 Å². The molecule has 0 aliphatic heterocycles. The molecule has 4 heteroatoms. The molecule has 0 saturated carbocycles. The number of nitrogens with zero attached hydrogens (tertiary/aromatic N) is 1. The molecule has 2 rings (SSSR count). The fourth-order valence-corrected chi connectivity index (χ4v) is 2.26. The summed E-state index contributed by atoms with van der Waals surface area (Å²) in [6, 6.07) is 12.2. The van der Waals surface area contributed by atoms with Crippen LogP contribution in [0.25, 0.3) is 0 Å². The minimum atomic E-state index is -0.534. The van der Waals surface area contributed by atoms with Gasteiger partial charge in [-0.2, -0.15) is 0 Å². The molecule has 98 valence electrons. The minimum Gasteiger partial charge on any atom is -0.311 e. The summed E-state index contributed by atoms with van der Waals surface area (Å²) >= 11 is 3.09. The van der Waals surface area contributed by atoms with Crippen LogP contribution in [0.3, 0.4) is 0 Å². The van der Waals surface area contributed by atoms with E-state index in [1.807, 2.05) is 31.2 Å². The van der Waals surface area contributed by atoms with Gasteiger partial charge in [0.05, 0.1) is 10.0 Å². The molecule has 0 radical (unpaired) electrons. The molecule has 0 aromatic heterocycles. The van der Waals surface area contributed by atoms with Crippen LogP contribution in [0.5, 0.6) is 0 Å². The van der Waals surface area contributed by atoms with E-state index in [0.717, 1.165) is 11.3 Å². The Labute approximate surface area is 120 Å². The lowest BCUT2D eigenvalue weighted by molar-refractivity contribution is 0.0989. The number of hydrogen-bond acceptors (Lipinski definition) is 1. The highest BCUT2D eigenvalue weighted by molar-refractivity contribution is 9.10. The van der Waals surface area contributed by atoms with Gasteiger partial charge in [-0.15, -0.1) is 0 Å². The van der Waals surface area contributed by atoms with Crippen molar-refractivity contribution in [2.24, 2.45) is 0 Å². The number of rotatable bonds is 2. The van der Waals surface area contributed by atoms with Crippen molar-refractivity contribution in [3.63, 3.8) is 0 Å². The Balaban J connectivity index is 2.40. The second kappa shape index (κ2) is 5.53. The van der Waals surface area contributed by atoms with Gasteiger partial charge in [-0.3, -0.25) is 4.79 Å². The van der Waals surface area contributed by atoms with Crippen LogP contribution in [0.4, 0.5) is 10.1 Å². The van der Waals surface area contributed by atoms with Gasteiger partial charge in [-0.1, -0.05) is 24.3 Å². The van der Waals surface area contributed by atoms with Crippen molar-refractivity contribution in [3.8, 4) is 0 Å². The predicted octanol–water partition coefficient (Wildman–Crippen LogP) is 4.17. The minimum absolute atomic E-state index is 0.0557. The molecule has 0 spiro atoms. The van der Waals surface area contributed by atoms with Crippen molar-refractivity contribution >= 4 is 27.5 Å². The molecule has 0 unspecified atom stereocenters. The van der Waals surface area contributed by atoms with E-state index >= 15 is 0 Å². The molecule has 0 N–H and O–H groups in total. The van der Waals surface area contributed by atoms with E-state index in [9.17, 15) is 9.18 Å². The maximum Gasteiger partial charge on any atom is 0.261 e. The number of hydrogen-bond donors (Lipinski definition) is 0. The van der Waals surface area contributed by atoms with Crippen molar-refractivity contribution < 1.29 is 9.18 Å². The lowest BCUT2D eigenvalue weighted by Crippen LogP contribution is -2.27. The summed E-state index contributed by atoms with van der Waals surface area (Å²) in [5.41, 5.74) is 1.79. The van der Waals surface area contributed by atoms with E-state index in [1.54, 1.807) is 19.2 Å². The largest absolute Gasteiger partial charge is 0.311 e. The molecule has 0 heterocycles. The van der Waals surface area contributed by atoms with E-state index < -0.39 is 5.82 Å². The van der Waals surface area contributed by atoms with Crippen molar-refractivity contribution in [2.45, 2.75) is 6.92 Å². The molecule has 1 amide bonds. The third kappa shape index (κ3) is 2.68. The summed E-state index contributed by atoms with van der Waals surface area (Å²) in [4.78, 5) is 13.8. The van der Waals surface area contributed by atoms with Crippen molar-refractivity contribution in [2.75, 3.05) is 11.9 Å². The van der Waals surface area contributed by atoms with Crippen LogP contribution in [0, 0.1) is 12.7 Å². The highest BCUT2D eigenvalue weighted by atomic mass is 79.9. The highest BCUT2D eigenvalue weighted by Gasteiger charge is 2.19. The monoisotopic (exact) mass is 321 g/mol. The number of aryl methyl sites for hydroxylation is 1. The van der Waals surface area contributed by atoms with Crippen molar-refractivity contribution in [1.82, 2.24) is 0 Å². The summed E-state index contributed by atoms with van der Waals surface area (Å²) in [7, 11) is 1.64. The standard InChI is InChI=1S/C15H13BrFNO/c1-10-6-3-4-9-13(10)18(2)15(19)11-7-5-8-12(16)14(11)17/h3-9H,1-2H3. The van der Waals surface area contributed by atoms with Crippen LogP contribution < -0.4 is 4.90 Å². The Morgan fingerprint density at radius 2 is 1.84 bits per heavy atom. The Kier molecular flexibility index (Phi) is 4.00. The fourth-order valence-electron chi connectivity index (χ4n) is 1.90. The van der Waals surface area contributed by atoms with Gasteiger partial charge in [0.25, 0.3) is 5.91 Å². The lowest BCUT2D eigenvalue weighted by Gasteiger charge is -2.20. The van der Waals surface area contributed by atoms with Gasteiger partial charge in [-0.05, 0) is 46.6 Å². The third-order valence-electron chi connectivity index (χ3n) is 2.96. The van der Waals surface area contributed by atoms with Crippen LogP contribution in [-0.2, 0) is 0 Å². The number of carbonyl (C=O) groups excluding carboxylic acids is 1. The second-order valence-corrected chi connectivity index (χ2v) is 5.11. The van der Waals surface area contributed by atoms with Crippen LogP contribution in [0.2, 0.25) is 0 Å². The molecule has 0 bridgehead atoms. The number of anilines is 1. The Hall–Kier alpha value is -1.68. The molecule has 2 aromatic carbocycles. The van der Waals surface area contributed by atoms with Gasteiger partial charge in [-0.25, -0.2) is 4.39 Å². The summed E-state index contributed by atoms with van der Waals surface area (Å²) in [6.07, 6.45) is 0. The lowest BCUT2D eigenvalue weighted by atomic mass is 10.1. The predicted molar refractivity (Wildman–Crippen MR) is 78.0 cm³/mol.